The third kappa shape index (κ3) is 4.26. The highest BCUT2D eigenvalue weighted by Crippen LogP contribution is 2.38. The van der Waals surface area contributed by atoms with E-state index in [4.69, 9.17) is 9.47 Å². The Bertz CT molecular complexity index is 1540. The van der Waals surface area contributed by atoms with Gasteiger partial charge in [0.15, 0.2) is 11.5 Å². The third-order valence-electron chi connectivity index (χ3n) is 5.58. The largest absolute Gasteiger partial charge is 0.493 e. The lowest BCUT2D eigenvalue weighted by molar-refractivity contribution is 0.283. The fourth-order valence-electron chi connectivity index (χ4n) is 3.93. The number of rotatable bonds is 6. The van der Waals surface area contributed by atoms with Crippen molar-refractivity contribution in [3.05, 3.63) is 100 Å². The first-order valence-electron chi connectivity index (χ1n) is 10.7. The van der Waals surface area contributed by atoms with Gasteiger partial charge in [-0.1, -0.05) is 54.6 Å². The van der Waals surface area contributed by atoms with E-state index in [1.54, 1.807) is 13.2 Å². The van der Waals surface area contributed by atoms with Crippen LogP contribution < -0.4 is 9.47 Å². The Kier molecular flexibility index (Phi) is 6.03. The van der Waals surface area contributed by atoms with Gasteiger partial charge in [-0.2, -0.15) is 5.26 Å². The zero-order chi connectivity index (χ0) is 23.5. The molecule has 0 bridgehead atoms. The van der Waals surface area contributed by atoms with Gasteiger partial charge in [0.25, 0.3) is 0 Å². The van der Waals surface area contributed by atoms with Crippen molar-refractivity contribution in [3.63, 3.8) is 0 Å². The average molecular weight is 510 g/mol. The van der Waals surface area contributed by atoms with Gasteiger partial charge in [-0.3, -0.25) is 0 Å². The van der Waals surface area contributed by atoms with E-state index in [1.807, 2.05) is 54.6 Å². The minimum atomic E-state index is 0.397. The number of fused-ring (bicyclic) bond motifs is 2. The van der Waals surface area contributed by atoms with Crippen LogP contribution in [0, 0.1) is 11.3 Å². The lowest BCUT2D eigenvalue weighted by Gasteiger charge is -2.15. The first-order chi connectivity index (χ1) is 16.7. The number of methoxy groups -OCH3 is 1. The minimum Gasteiger partial charge on any atom is -0.493 e. The molecule has 0 unspecified atom stereocenters. The molecule has 0 saturated heterocycles. The number of nitrogens with one attached hydrogen (secondary N) is 1. The van der Waals surface area contributed by atoms with Crippen molar-refractivity contribution >= 4 is 49.4 Å². The summed E-state index contributed by atoms with van der Waals surface area (Å²) in [6.45, 7) is 0.397. The van der Waals surface area contributed by atoms with Crippen LogP contribution in [-0.2, 0) is 6.61 Å². The van der Waals surface area contributed by atoms with Crippen LogP contribution in [0.5, 0.6) is 11.5 Å². The third-order valence-corrected chi connectivity index (χ3v) is 6.17. The van der Waals surface area contributed by atoms with E-state index >= 15 is 0 Å². The number of allylic oxidation sites excluding steroid dienone is 1. The fourth-order valence-corrected chi connectivity index (χ4v) is 4.51. The van der Waals surface area contributed by atoms with Crippen molar-refractivity contribution < 1.29 is 9.47 Å². The number of H-pyrrole nitrogens is 1. The second-order valence-electron chi connectivity index (χ2n) is 7.73. The predicted molar refractivity (Wildman–Crippen MR) is 139 cm³/mol. The molecular weight excluding hydrogens is 490 g/mol. The summed E-state index contributed by atoms with van der Waals surface area (Å²) in [5.41, 5.74) is 4.00. The Morgan fingerprint density at radius 2 is 1.85 bits per heavy atom. The van der Waals surface area contributed by atoms with Crippen LogP contribution in [0.4, 0.5) is 0 Å². The highest BCUT2D eigenvalue weighted by molar-refractivity contribution is 9.10. The zero-order valence-corrected chi connectivity index (χ0v) is 20.0. The van der Waals surface area contributed by atoms with Crippen molar-refractivity contribution in [2.45, 2.75) is 6.61 Å². The van der Waals surface area contributed by atoms with Crippen LogP contribution in [0.25, 0.3) is 33.5 Å². The van der Waals surface area contributed by atoms with Gasteiger partial charge < -0.3 is 14.5 Å². The number of aromatic amines is 1. The summed E-state index contributed by atoms with van der Waals surface area (Å²) < 4.78 is 12.5. The molecule has 0 aliphatic heterocycles. The van der Waals surface area contributed by atoms with Crippen molar-refractivity contribution in [2.75, 3.05) is 7.11 Å². The lowest BCUT2D eigenvalue weighted by atomic mass is 10.1. The van der Waals surface area contributed by atoms with Crippen molar-refractivity contribution in [1.82, 2.24) is 9.97 Å². The van der Waals surface area contributed by atoms with Crippen LogP contribution >= 0.6 is 15.9 Å². The van der Waals surface area contributed by atoms with Gasteiger partial charge in [-0.15, -0.1) is 0 Å². The summed E-state index contributed by atoms with van der Waals surface area (Å²) in [5.74, 6) is 1.70. The van der Waals surface area contributed by atoms with E-state index in [9.17, 15) is 5.26 Å². The number of ether oxygens (including phenoxy) is 2. The Morgan fingerprint density at radius 3 is 2.68 bits per heavy atom. The number of benzene rings is 4. The number of imidazole rings is 1. The number of para-hydroxylation sites is 2. The molecule has 0 aliphatic carbocycles. The number of nitriles is 1. The van der Waals surface area contributed by atoms with Gasteiger partial charge in [0.1, 0.15) is 18.5 Å². The molecule has 1 N–H and O–H groups in total. The van der Waals surface area contributed by atoms with Crippen molar-refractivity contribution in [3.8, 4) is 17.6 Å². The predicted octanol–water partition coefficient (Wildman–Crippen LogP) is 7.13. The Balaban J connectivity index is 1.45. The van der Waals surface area contributed by atoms with Gasteiger partial charge >= 0.3 is 0 Å². The van der Waals surface area contributed by atoms with Crippen LogP contribution in [0.3, 0.4) is 0 Å². The second kappa shape index (κ2) is 9.42. The maximum absolute atomic E-state index is 9.77. The smallest absolute Gasteiger partial charge is 0.175 e. The summed E-state index contributed by atoms with van der Waals surface area (Å²) in [7, 11) is 1.60. The number of hydrogen-bond acceptors (Lipinski definition) is 4. The highest BCUT2D eigenvalue weighted by Gasteiger charge is 2.14. The Labute approximate surface area is 205 Å². The summed E-state index contributed by atoms with van der Waals surface area (Å²) in [4.78, 5) is 7.74. The van der Waals surface area contributed by atoms with E-state index in [2.05, 4.69) is 56.2 Å². The summed E-state index contributed by atoms with van der Waals surface area (Å²) >= 11 is 3.62. The summed E-state index contributed by atoms with van der Waals surface area (Å²) in [6, 6.07) is 28.1. The molecule has 6 heteroatoms. The SMILES string of the molecule is COc1cc(/C=C(\C#N)c2nc3ccccc3[nH]2)cc(Br)c1OCc1cccc2ccccc12. The first kappa shape index (κ1) is 21.7. The van der Waals surface area contributed by atoms with Crippen LogP contribution in [0.2, 0.25) is 0 Å². The molecule has 0 fully saturated rings. The minimum absolute atomic E-state index is 0.397. The second-order valence-corrected chi connectivity index (χ2v) is 8.59. The number of aromatic nitrogens is 2. The highest BCUT2D eigenvalue weighted by atomic mass is 79.9. The molecule has 0 spiro atoms. The number of hydrogen-bond donors (Lipinski definition) is 1. The normalized spacial score (nSPS) is 11.5. The van der Waals surface area contributed by atoms with E-state index in [1.165, 1.54) is 5.39 Å². The van der Waals surface area contributed by atoms with Crippen molar-refractivity contribution in [2.24, 2.45) is 0 Å². The Morgan fingerprint density at radius 1 is 1.06 bits per heavy atom. The fraction of sp³-hybridized carbons (Fsp3) is 0.0714. The molecule has 5 nitrogen and oxygen atoms in total. The van der Waals surface area contributed by atoms with Crippen molar-refractivity contribution in [1.29, 1.82) is 5.26 Å². The van der Waals surface area contributed by atoms with E-state index < -0.39 is 0 Å². The van der Waals surface area contributed by atoms with Crippen LogP contribution in [-0.4, -0.2) is 17.1 Å². The molecule has 5 aromatic rings. The average Bonchev–Trinajstić information content (AvgIpc) is 3.30. The molecule has 4 aromatic carbocycles. The maximum atomic E-state index is 9.77. The molecule has 5 rings (SSSR count). The molecular formula is C28H20BrN3O2. The molecule has 34 heavy (non-hydrogen) atoms. The van der Waals surface area contributed by atoms with Crippen LogP contribution in [0.1, 0.15) is 17.0 Å². The first-order valence-corrected chi connectivity index (χ1v) is 11.5. The van der Waals surface area contributed by atoms with E-state index in [0.717, 1.165) is 32.0 Å². The summed E-state index contributed by atoms with van der Waals surface area (Å²) in [5, 5.41) is 12.1. The standard InChI is InChI=1S/C28H20BrN3O2/c1-33-26-15-18(13-21(16-30)28-31-24-11-4-5-12-25(24)32-28)14-23(29)27(26)34-17-20-9-6-8-19-7-2-3-10-22(19)20/h2-15H,17H2,1H3,(H,31,32)/b21-13+. The van der Waals surface area contributed by atoms with Gasteiger partial charge in [0.05, 0.1) is 28.2 Å². The van der Waals surface area contributed by atoms with E-state index in [0.29, 0.717) is 29.5 Å². The lowest BCUT2D eigenvalue weighted by Crippen LogP contribution is -2.00. The molecule has 1 aromatic heterocycles. The van der Waals surface area contributed by atoms with Crippen LogP contribution in [0.15, 0.2) is 83.3 Å². The summed E-state index contributed by atoms with van der Waals surface area (Å²) in [6.07, 6.45) is 1.78. The topological polar surface area (TPSA) is 70.9 Å². The van der Waals surface area contributed by atoms with E-state index in [-0.39, 0.29) is 0 Å². The molecule has 1 heterocycles. The Hall–Kier alpha value is -4.08. The molecule has 0 aliphatic rings. The molecule has 0 atom stereocenters. The monoisotopic (exact) mass is 509 g/mol. The van der Waals surface area contributed by atoms with Gasteiger partial charge in [0.2, 0.25) is 0 Å². The zero-order valence-electron chi connectivity index (χ0n) is 18.4. The molecule has 0 saturated carbocycles. The number of halogens is 1. The van der Waals surface area contributed by atoms with Gasteiger partial charge in [-0.25, -0.2) is 4.98 Å². The molecule has 166 valence electrons. The van der Waals surface area contributed by atoms with Gasteiger partial charge in [0, 0.05) is 0 Å². The number of nitrogens with zero attached hydrogens (tertiary/aromatic N) is 2. The quantitative estimate of drug-likeness (QED) is 0.247. The maximum Gasteiger partial charge on any atom is 0.175 e. The van der Waals surface area contributed by atoms with Gasteiger partial charge in [-0.05, 0) is 68.2 Å². The molecule has 0 radical (unpaired) electrons. The molecule has 0 amide bonds.